The van der Waals surface area contributed by atoms with Gasteiger partial charge in [0, 0.05) is 6.42 Å². The largest absolute Gasteiger partial charge is 0.534 e. The summed E-state index contributed by atoms with van der Waals surface area (Å²) < 4.78 is 67.8. The van der Waals surface area contributed by atoms with Crippen LogP contribution in [0.1, 0.15) is 33.6 Å². The average molecular weight is 330 g/mol. The first-order valence-corrected chi connectivity index (χ1v) is 7.68. The van der Waals surface area contributed by atoms with Crippen molar-refractivity contribution in [2.24, 2.45) is 11.3 Å². The van der Waals surface area contributed by atoms with Gasteiger partial charge in [0.1, 0.15) is 5.76 Å². The Kier molecular flexibility index (Phi) is 4.97. The average Bonchev–Trinajstić information content (AvgIpc) is 2.25. The van der Waals surface area contributed by atoms with Crippen LogP contribution < -0.4 is 0 Å². The van der Waals surface area contributed by atoms with Crippen LogP contribution in [-0.2, 0) is 23.8 Å². The van der Waals surface area contributed by atoms with Gasteiger partial charge in [0.25, 0.3) is 0 Å². The molecule has 0 aromatic rings. The molecule has 0 aromatic carbocycles. The Morgan fingerprint density at radius 2 is 2.00 bits per heavy atom. The summed E-state index contributed by atoms with van der Waals surface area (Å²) in [6, 6.07) is 0. The maximum atomic E-state index is 12.3. The molecule has 1 atom stereocenters. The number of allylic oxidation sites excluding steroid dienone is 2. The summed E-state index contributed by atoms with van der Waals surface area (Å²) in [7, 11) is -5.68. The molecule has 0 saturated heterocycles. The van der Waals surface area contributed by atoms with Crippen molar-refractivity contribution in [3.05, 3.63) is 11.8 Å². The molecule has 0 N–H and O–H groups in total. The van der Waals surface area contributed by atoms with E-state index in [0.717, 1.165) is 0 Å². The molecule has 1 aliphatic rings. The standard InChI is InChI=1S/C12H17F3O5S/c1-4-19-10(16)9-6-5-8(7-11(9,2)3)20-21(17,18)12(13,14)15/h5,9H,4,6-7H2,1-3H3. The SMILES string of the molecule is CCOC(=O)C1CC=C(OS(=O)(=O)C(F)(F)F)CC1(C)C. The molecule has 0 fully saturated rings. The van der Waals surface area contributed by atoms with Gasteiger partial charge in [-0.05, 0) is 24.8 Å². The topological polar surface area (TPSA) is 69.7 Å². The van der Waals surface area contributed by atoms with E-state index in [9.17, 15) is 26.4 Å². The molecule has 0 bridgehead atoms. The number of hydrogen-bond acceptors (Lipinski definition) is 5. The Bertz CT molecular complexity index is 534. The van der Waals surface area contributed by atoms with Crippen molar-refractivity contribution in [1.82, 2.24) is 0 Å². The van der Waals surface area contributed by atoms with E-state index in [0.29, 0.717) is 0 Å². The molecule has 0 aromatic heterocycles. The molecule has 0 radical (unpaired) electrons. The number of halogens is 3. The van der Waals surface area contributed by atoms with Crippen molar-refractivity contribution in [1.29, 1.82) is 0 Å². The summed E-state index contributed by atoms with van der Waals surface area (Å²) in [4.78, 5) is 11.8. The van der Waals surface area contributed by atoms with Gasteiger partial charge in [0.2, 0.25) is 0 Å². The molecule has 9 heteroatoms. The summed E-state index contributed by atoms with van der Waals surface area (Å²) in [5, 5.41) is 0. The monoisotopic (exact) mass is 330 g/mol. The van der Waals surface area contributed by atoms with Gasteiger partial charge in [-0.2, -0.15) is 21.6 Å². The lowest BCUT2D eigenvalue weighted by atomic mass is 9.71. The molecular weight excluding hydrogens is 313 g/mol. The van der Waals surface area contributed by atoms with Crippen molar-refractivity contribution < 1.29 is 35.3 Å². The minimum Gasteiger partial charge on any atom is -0.466 e. The number of carbonyl (C=O) groups is 1. The van der Waals surface area contributed by atoms with E-state index in [2.05, 4.69) is 4.18 Å². The lowest BCUT2D eigenvalue weighted by Crippen LogP contribution is -2.36. The third kappa shape index (κ3) is 4.12. The molecule has 1 aliphatic carbocycles. The van der Waals surface area contributed by atoms with Gasteiger partial charge in [-0.15, -0.1) is 0 Å². The van der Waals surface area contributed by atoms with E-state index >= 15 is 0 Å². The zero-order chi connectivity index (χ0) is 16.5. The second-order valence-electron chi connectivity index (χ2n) is 5.36. The molecule has 0 aliphatic heterocycles. The molecule has 5 nitrogen and oxygen atoms in total. The Labute approximate surface area is 121 Å². The summed E-state index contributed by atoms with van der Waals surface area (Å²) in [6.45, 7) is 5.13. The quantitative estimate of drug-likeness (QED) is 0.450. The van der Waals surface area contributed by atoms with Crippen LogP contribution in [0.4, 0.5) is 13.2 Å². The molecular formula is C12H17F3O5S. The van der Waals surface area contributed by atoms with Crippen LogP contribution in [0.5, 0.6) is 0 Å². The number of carbonyl (C=O) groups excluding carboxylic acids is 1. The molecule has 1 rings (SSSR count). The minimum atomic E-state index is -5.68. The van der Waals surface area contributed by atoms with Crippen molar-refractivity contribution in [2.75, 3.05) is 6.61 Å². The zero-order valence-corrected chi connectivity index (χ0v) is 12.7. The van der Waals surface area contributed by atoms with Gasteiger partial charge in [-0.3, -0.25) is 4.79 Å². The van der Waals surface area contributed by atoms with Crippen LogP contribution in [-0.4, -0.2) is 26.5 Å². The number of ether oxygens (including phenoxy) is 1. The van der Waals surface area contributed by atoms with Crippen LogP contribution in [0.2, 0.25) is 0 Å². The number of alkyl halides is 3. The lowest BCUT2D eigenvalue weighted by Gasteiger charge is -2.35. The number of rotatable bonds is 4. The van der Waals surface area contributed by atoms with Gasteiger partial charge in [-0.25, -0.2) is 0 Å². The van der Waals surface area contributed by atoms with E-state index in [1.807, 2.05) is 0 Å². The summed E-state index contributed by atoms with van der Waals surface area (Å²) in [6.07, 6.45) is 1.15. The number of esters is 1. The van der Waals surface area contributed by atoms with E-state index in [-0.39, 0.29) is 25.2 Å². The van der Waals surface area contributed by atoms with Gasteiger partial charge in [0.05, 0.1) is 12.5 Å². The van der Waals surface area contributed by atoms with Gasteiger partial charge in [0.15, 0.2) is 0 Å². The number of hydrogen-bond donors (Lipinski definition) is 0. The fourth-order valence-corrected chi connectivity index (χ4v) is 2.63. The third-order valence-corrected chi connectivity index (χ3v) is 4.23. The normalized spacial score (nSPS) is 22.4. The van der Waals surface area contributed by atoms with Crippen LogP contribution in [0.25, 0.3) is 0 Å². The first-order chi connectivity index (χ1) is 9.40. The van der Waals surface area contributed by atoms with E-state index < -0.39 is 32.9 Å². The lowest BCUT2D eigenvalue weighted by molar-refractivity contribution is -0.152. The van der Waals surface area contributed by atoms with Gasteiger partial charge in [-0.1, -0.05) is 13.8 Å². The Hall–Kier alpha value is -1.25. The predicted molar refractivity (Wildman–Crippen MR) is 67.3 cm³/mol. The molecule has 122 valence electrons. The molecule has 0 spiro atoms. The summed E-state index contributed by atoms with van der Waals surface area (Å²) in [5.41, 5.74) is -6.24. The maximum Gasteiger partial charge on any atom is 0.534 e. The second-order valence-corrected chi connectivity index (χ2v) is 6.90. The Balaban J connectivity index is 2.91. The Morgan fingerprint density at radius 3 is 2.43 bits per heavy atom. The van der Waals surface area contributed by atoms with Crippen molar-refractivity contribution in [3.63, 3.8) is 0 Å². The first kappa shape index (κ1) is 17.8. The second kappa shape index (κ2) is 5.86. The molecule has 0 saturated carbocycles. The smallest absolute Gasteiger partial charge is 0.466 e. The highest BCUT2D eigenvalue weighted by molar-refractivity contribution is 7.87. The van der Waals surface area contributed by atoms with Gasteiger partial charge < -0.3 is 8.92 Å². The molecule has 0 amide bonds. The fraction of sp³-hybridized carbons (Fsp3) is 0.750. The minimum absolute atomic E-state index is 0.0640. The van der Waals surface area contributed by atoms with Crippen LogP contribution in [0, 0.1) is 11.3 Å². The third-order valence-electron chi connectivity index (χ3n) is 3.23. The fourth-order valence-electron chi connectivity index (χ4n) is 2.12. The van der Waals surface area contributed by atoms with Crippen molar-refractivity contribution in [3.8, 4) is 0 Å². The van der Waals surface area contributed by atoms with E-state index in [1.54, 1.807) is 20.8 Å². The van der Waals surface area contributed by atoms with Crippen LogP contribution >= 0.6 is 0 Å². The predicted octanol–water partition coefficient (Wildman–Crippen LogP) is 2.74. The Morgan fingerprint density at radius 1 is 1.43 bits per heavy atom. The summed E-state index contributed by atoms with van der Waals surface area (Å²) >= 11 is 0. The summed E-state index contributed by atoms with van der Waals surface area (Å²) in [5.74, 6) is -1.33. The van der Waals surface area contributed by atoms with Crippen LogP contribution in [0.15, 0.2) is 11.8 Å². The first-order valence-electron chi connectivity index (χ1n) is 6.27. The van der Waals surface area contributed by atoms with E-state index in [4.69, 9.17) is 4.74 Å². The van der Waals surface area contributed by atoms with E-state index in [1.165, 1.54) is 6.08 Å². The highest BCUT2D eigenvalue weighted by Gasteiger charge is 2.50. The maximum absolute atomic E-state index is 12.3. The van der Waals surface area contributed by atoms with Crippen LogP contribution in [0.3, 0.4) is 0 Å². The molecule has 1 unspecified atom stereocenters. The highest BCUT2D eigenvalue weighted by atomic mass is 32.2. The van der Waals surface area contributed by atoms with Crippen molar-refractivity contribution in [2.45, 2.75) is 39.1 Å². The zero-order valence-electron chi connectivity index (χ0n) is 11.9. The molecule has 21 heavy (non-hydrogen) atoms. The highest BCUT2D eigenvalue weighted by Crippen LogP contribution is 2.42. The molecule has 0 heterocycles. The van der Waals surface area contributed by atoms with Crippen molar-refractivity contribution >= 4 is 16.1 Å². The van der Waals surface area contributed by atoms with Gasteiger partial charge >= 0.3 is 21.6 Å².